The molecule has 27 heavy (non-hydrogen) atoms. The van der Waals surface area contributed by atoms with E-state index >= 15 is 0 Å². The fourth-order valence-corrected chi connectivity index (χ4v) is 2.92. The van der Waals surface area contributed by atoms with Gasteiger partial charge in [-0.25, -0.2) is 4.79 Å². The van der Waals surface area contributed by atoms with Crippen LogP contribution < -0.4 is 4.90 Å². The van der Waals surface area contributed by atoms with Crippen LogP contribution in [0.15, 0.2) is 18.3 Å². The lowest BCUT2D eigenvalue weighted by atomic mass is 10.1. The fourth-order valence-electron chi connectivity index (χ4n) is 2.92. The van der Waals surface area contributed by atoms with E-state index in [4.69, 9.17) is 4.74 Å². The number of ether oxygens (including phenoxy) is 1. The number of carbonyl (C=O) groups excluding carboxylic acids is 1. The van der Waals surface area contributed by atoms with Gasteiger partial charge in [0, 0.05) is 32.1 Å². The Labute approximate surface area is 159 Å². The summed E-state index contributed by atoms with van der Waals surface area (Å²) in [4.78, 5) is 29.8. The van der Waals surface area contributed by atoms with Gasteiger partial charge in [0.15, 0.2) is 6.20 Å². The molecule has 1 unspecified atom stereocenters. The lowest BCUT2D eigenvalue weighted by molar-refractivity contribution is -0.389. The number of aliphatic hydroxyl groups excluding tert-OH is 1. The van der Waals surface area contributed by atoms with E-state index in [-0.39, 0.29) is 11.9 Å². The van der Waals surface area contributed by atoms with Crippen molar-refractivity contribution in [2.24, 2.45) is 0 Å². The molecule has 2 rings (SSSR count). The molecule has 0 spiro atoms. The molecule has 150 valence electrons. The Bertz CT molecular complexity index is 644. The minimum absolute atomic E-state index is 0.231. The average molecular weight is 380 g/mol. The lowest BCUT2D eigenvalue weighted by Crippen LogP contribution is -2.43. The number of hydrogen-bond acceptors (Lipinski definition) is 7. The number of carbonyl (C=O) groups is 1. The molecule has 1 aliphatic heterocycles. The highest BCUT2D eigenvalue weighted by Gasteiger charge is 2.25. The first-order valence-corrected chi connectivity index (χ1v) is 9.20. The van der Waals surface area contributed by atoms with Crippen LogP contribution in [-0.2, 0) is 4.74 Å². The number of anilines is 1. The van der Waals surface area contributed by atoms with Gasteiger partial charge >= 0.3 is 11.9 Å². The molecule has 1 aromatic heterocycles. The molecule has 0 aliphatic carbocycles. The molecule has 1 saturated heterocycles. The first-order valence-electron chi connectivity index (χ1n) is 9.20. The number of pyridine rings is 1. The Balaban J connectivity index is 2.08. The van der Waals surface area contributed by atoms with Gasteiger partial charge in [-0.15, -0.1) is 0 Å². The summed E-state index contributed by atoms with van der Waals surface area (Å²) < 4.78 is 5.45. The smallest absolute Gasteiger partial charge is 0.410 e. The summed E-state index contributed by atoms with van der Waals surface area (Å²) in [6, 6.07) is 2.92. The van der Waals surface area contributed by atoms with E-state index in [9.17, 15) is 20.0 Å². The fraction of sp³-hybridized carbons (Fsp3) is 0.667. The van der Waals surface area contributed by atoms with Gasteiger partial charge in [-0.05, 0) is 56.0 Å². The lowest BCUT2D eigenvalue weighted by Gasteiger charge is -2.33. The molecule has 2 heterocycles. The highest BCUT2D eigenvalue weighted by molar-refractivity contribution is 5.68. The first-order chi connectivity index (χ1) is 12.7. The number of rotatable bonds is 2. The third-order valence-corrected chi connectivity index (χ3v) is 4.25. The van der Waals surface area contributed by atoms with E-state index < -0.39 is 16.8 Å². The van der Waals surface area contributed by atoms with Gasteiger partial charge in [-0.1, -0.05) is 0 Å². The Kier molecular flexibility index (Phi) is 6.95. The molecule has 0 bridgehead atoms. The molecule has 0 radical (unpaired) electrons. The molecule has 1 amide bonds. The molecule has 1 aliphatic rings. The van der Waals surface area contributed by atoms with Gasteiger partial charge in [-0.3, -0.25) is 0 Å². The zero-order chi connectivity index (χ0) is 20.0. The number of nitro groups is 1. The van der Waals surface area contributed by atoms with Crippen LogP contribution >= 0.6 is 0 Å². The summed E-state index contributed by atoms with van der Waals surface area (Å²) in [6.45, 7) is 7.06. The predicted octanol–water partition coefficient (Wildman–Crippen LogP) is 2.93. The van der Waals surface area contributed by atoms with Crippen LogP contribution in [0.25, 0.3) is 0 Å². The van der Waals surface area contributed by atoms with Crippen molar-refractivity contribution in [3.63, 3.8) is 0 Å². The molecule has 1 aromatic rings. The summed E-state index contributed by atoms with van der Waals surface area (Å²) in [5.41, 5.74) is 0.0547. The largest absolute Gasteiger partial charge is 0.444 e. The quantitative estimate of drug-likeness (QED) is 0.620. The van der Waals surface area contributed by atoms with Crippen LogP contribution in [-0.4, -0.2) is 57.5 Å². The molecular formula is C18H28N4O5. The van der Waals surface area contributed by atoms with Crippen LogP contribution in [0.2, 0.25) is 0 Å². The second-order valence-electron chi connectivity index (χ2n) is 7.62. The first kappa shape index (κ1) is 20.9. The van der Waals surface area contributed by atoms with Gasteiger partial charge < -0.3 is 29.8 Å². The molecule has 0 aromatic carbocycles. The van der Waals surface area contributed by atoms with Gasteiger partial charge in [0.2, 0.25) is 0 Å². The van der Waals surface area contributed by atoms with Gasteiger partial charge in [0.05, 0.1) is 5.69 Å². The zero-order valence-corrected chi connectivity index (χ0v) is 16.1. The second-order valence-corrected chi connectivity index (χ2v) is 7.62. The number of amides is 1. The van der Waals surface area contributed by atoms with Crippen LogP contribution in [0, 0.1) is 10.1 Å². The van der Waals surface area contributed by atoms with Crippen LogP contribution in [0.1, 0.15) is 46.5 Å². The van der Waals surface area contributed by atoms with Crippen molar-refractivity contribution in [1.29, 1.82) is 0 Å². The van der Waals surface area contributed by atoms with Crippen LogP contribution in [0.5, 0.6) is 0 Å². The standard InChI is InChI=1S/C18H28N4O5/c1-18(2,3)27-17(24)20-10-5-4-6-11-21(16(23)9-12-20)14-7-8-15(19-13-14)22(25)26/h7-8,13,16,23H,4-6,9-12H2,1-3H3. The van der Waals surface area contributed by atoms with E-state index in [0.29, 0.717) is 31.7 Å². The van der Waals surface area contributed by atoms with Crippen LogP contribution in [0.3, 0.4) is 0 Å². The average Bonchev–Trinajstić information content (AvgIpc) is 2.59. The summed E-state index contributed by atoms with van der Waals surface area (Å²) >= 11 is 0. The maximum Gasteiger partial charge on any atom is 0.410 e. The highest BCUT2D eigenvalue weighted by Crippen LogP contribution is 2.22. The van der Waals surface area contributed by atoms with Crippen molar-refractivity contribution in [3.8, 4) is 0 Å². The van der Waals surface area contributed by atoms with Gasteiger partial charge in [-0.2, -0.15) is 0 Å². The molecule has 0 saturated carbocycles. The van der Waals surface area contributed by atoms with Crippen molar-refractivity contribution >= 4 is 17.6 Å². The zero-order valence-electron chi connectivity index (χ0n) is 16.1. The Morgan fingerprint density at radius 1 is 1.26 bits per heavy atom. The van der Waals surface area contributed by atoms with Crippen molar-refractivity contribution in [1.82, 2.24) is 9.88 Å². The number of aliphatic hydroxyl groups is 1. The van der Waals surface area contributed by atoms with Crippen molar-refractivity contribution in [3.05, 3.63) is 28.4 Å². The normalized spacial score (nSPS) is 19.5. The summed E-state index contributed by atoms with van der Waals surface area (Å²) in [6.07, 6.45) is 3.12. The molecule has 1 fully saturated rings. The Hall–Kier alpha value is -2.42. The Morgan fingerprint density at radius 2 is 1.96 bits per heavy atom. The molecule has 9 heteroatoms. The number of nitrogens with zero attached hydrogens (tertiary/aromatic N) is 4. The number of aromatic nitrogens is 1. The topological polar surface area (TPSA) is 109 Å². The molecule has 1 N–H and O–H groups in total. The van der Waals surface area contributed by atoms with Crippen molar-refractivity contribution < 1.29 is 19.6 Å². The molecule has 9 nitrogen and oxygen atoms in total. The maximum absolute atomic E-state index is 12.4. The minimum atomic E-state index is -0.823. The SMILES string of the molecule is CC(C)(C)OC(=O)N1CCCCCN(c2ccc([N+](=O)[O-])nc2)C(O)CC1. The highest BCUT2D eigenvalue weighted by atomic mass is 16.6. The van der Waals surface area contributed by atoms with E-state index in [0.717, 1.165) is 19.3 Å². The van der Waals surface area contributed by atoms with E-state index in [1.165, 1.54) is 12.3 Å². The molecular weight excluding hydrogens is 352 g/mol. The van der Waals surface area contributed by atoms with E-state index in [1.807, 2.05) is 20.8 Å². The third-order valence-electron chi connectivity index (χ3n) is 4.25. The summed E-state index contributed by atoms with van der Waals surface area (Å²) in [5.74, 6) is -0.231. The molecule has 1 atom stereocenters. The summed E-state index contributed by atoms with van der Waals surface area (Å²) in [7, 11) is 0. The maximum atomic E-state index is 12.4. The monoisotopic (exact) mass is 380 g/mol. The minimum Gasteiger partial charge on any atom is -0.444 e. The van der Waals surface area contributed by atoms with E-state index in [2.05, 4.69) is 4.98 Å². The van der Waals surface area contributed by atoms with Crippen LogP contribution in [0.4, 0.5) is 16.3 Å². The van der Waals surface area contributed by atoms with E-state index in [1.54, 1.807) is 15.9 Å². The summed E-state index contributed by atoms with van der Waals surface area (Å²) in [5, 5.41) is 21.4. The predicted molar refractivity (Wildman–Crippen MR) is 101 cm³/mol. The van der Waals surface area contributed by atoms with Gasteiger partial charge in [0.25, 0.3) is 0 Å². The number of hydrogen-bond donors (Lipinski definition) is 1. The Morgan fingerprint density at radius 3 is 2.56 bits per heavy atom. The van der Waals surface area contributed by atoms with Crippen molar-refractivity contribution in [2.75, 3.05) is 24.5 Å². The third kappa shape index (κ3) is 6.35. The van der Waals surface area contributed by atoms with Gasteiger partial charge in [0.1, 0.15) is 11.8 Å². The van der Waals surface area contributed by atoms with Crippen molar-refractivity contribution in [2.45, 2.75) is 58.3 Å². The second kappa shape index (κ2) is 8.98.